The van der Waals surface area contributed by atoms with Crippen molar-refractivity contribution in [1.82, 2.24) is 14.5 Å². The normalized spacial score (nSPS) is 27.0. The minimum atomic E-state index is -1.68. The van der Waals surface area contributed by atoms with Crippen LogP contribution in [0.15, 0.2) is 12.5 Å². The molecule has 3 rings (SSSR count). The van der Waals surface area contributed by atoms with Crippen molar-refractivity contribution in [2.45, 2.75) is 56.8 Å². The van der Waals surface area contributed by atoms with Crippen LogP contribution < -0.4 is 5.32 Å². The highest BCUT2D eigenvalue weighted by Gasteiger charge is 2.53. The molecule has 3 heterocycles. The van der Waals surface area contributed by atoms with Gasteiger partial charge in [0.15, 0.2) is 6.23 Å². The number of hydrogen-bond donors (Lipinski definition) is 3. The smallest absolute Gasteiger partial charge is 0.222 e. The fourth-order valence-corrected chi connectivity index (χ4v) is 4.04. The van der Waals surface area contributed by atoms with E-state index >= 15 is 0 Å². The van der Waals surface area contributed by atoms with E-state index in [1.54, 1.807) is 17.7 Å². The second kappa shape index (κ2) is 7.70. The van der Waals surface area contributed by atoms with Gasteiger partial charge in [0, 0.05) is 13.1 Å². The van der Waals surface area contributed by atoms with E-state index < -0.39 is 31.4 Å². The molecule has 1 aliphatic rings. The number of hydrogen-bond acceptors (Lipinski definition) is 6. The van der Waals surface area contributed by atoms with Crippen LogP contribution in [0.2, 0.25) is 19.6 Å². The molecule has 0 unspecified atom stereocenters. The Kier molecular flexibility index (Phi) is 5.77. The fourth-order valence-electron chi connectivity index (χ4n) is 3.24. The molecule has 8 nitrogen and oxygen atoms in total. The van der Waals surface area contributed by atoms with Gasteiger partial charge in [-0.2, -0.15) is 0 Å². The molecular formula is C19H25ClN4O4Si. The largest absolute Gasteiger partial charge is 0.394 e. The summed E-state index contributed by atoms with van der Waals surface area (Å²) in [4.78, 5) is 19.0. The number of carbonyl (C=O) groups excluding carboxylic acids is 1. The van der Waals surface area contributed by atoms with Crippen LogP contribution in [0.5, 0.6) is 0 Å². The lowest BCUT2D eigenvalue weighted by molar-refractivity contribution is -0.114. The van der Waals surface area contributed by atoms with E-state index in [-0.39, 0.29) is 12.5 Å². The molecule has 0 bridgehead atoms. The van der Waals surface area contributed by atoms with E-state index in [0.29, 0.717) is 22.4 Å². The van der Waals surface area contributed by atoms with Gasteiger partial charge in [0.2, 0.25) is 5.91 Å². The summed E-state index contributed by atoms with van der Waals surface area (Å²) in [6.07, 6.45) is 0.370. The molecule has 0 radical (unpaired) electrons. The number of rotatable bonds is 3. The molecular weight excluding hydrogens is 412 g/mol. The van der Waals surface area contributed by atoms with Crippen LogP contribution in [-0.2, 0) is 9.53 Å². The molecule has 0 aliphatic carbocycles. The van der Waals surface area contributed by atoms with Crippen LogP contribution in [0, 0.1) is 11.5 Å². The van der Waals surface area contributed by atoms with Crippen LogP contribution in [0.4, 0.5) is 5.82 Å². The third-order valence-electron chi connectivity index (χ3n) is 4.63. The van der Waals surface area contributed by atoms with E-state index in [0.717, 1.165) is 0 Å². The number of ether oxygens (including phenoxy) is 1. The molecule has 0 saturated carbocycles. The summed E-state index contributed by atoms with van der Waals surface area (Å²) in [7, 11) is -1.68. The number of nitrogens with zero attached hydrogens (tertiary/aromatic N) is 3. The van der Waals surface area contributed by atoms with Gasteiger partial charge < -0.3 is 24.8 Å². The number of aromatic nitrogens is 3. The quantitative estimate of drug-likeness (QED) is 0.385. The molecule has 0 aromatic carbocycles. The van der Waals surface area contributed by atoms with Gasteiger partial charge in [0.1, 0.15) is 42.9 Å². The lowest BCUT2D eigenvalue weighted by Crippen LogP contribution is -2.39. The Morgan fingerprint density at radius 2 is 2.14 bits per heavy atom. The topological polar surface area (TPSA) is 110 Å². The summed E-state index contributed by atoms with van der Waals surface area (Å²) >= 11 is 6.63. The number of aliphatic hydroxyl groups excluding tert-OH is 2. The minimum absolute atomic E-state index is 0.267. The van der Waals surface area contributed by atoms with E-state index in [4.69, 9.17) is 16.3 Å². The van der Waals surface area contributed by atoms with Gasteiger partial charge in [-0.05, 0) is 6.92 Å². The third-order valence-corrected chi connectivity index (χ3v) is 5.91. The van der Waals surface area contributed by atoms with Gasteiger partial charge in [0.25, 0.3) is 0 Å². The van der Waals surface area contributed by atoms with Crippen molar-refractivity contribution in [3.05, 3.63) is 18.1 Å². The van der Waals surface area contributed by atoms with Crippen molar-refractivity contribution in [3.63, 3.8) is 0 Å². The van der Waals surface area contributed by atoms with Crippen LogP contribution in [-0.4, -0.2) is 62.4 Å². The second-order valence-corrected chi connectivity index (χ2v) is 13.9. The van der Waals surface area contributed by atoms with Crippen molar-refractivity contribution in [1.29, 1.82) is 0 Å². The highest BCUT2D eigenvalue weighted by atomic mass is 35.5. The molecule has 29 heavy (non-hydrogen) atoms. The summed E-state index contributed by atoms with van der Waals surface area (Å²) in [5, 5.41) is 23.3. The molecule has 1 saturated heterocycles. The lowest BCUT2D eigenvalue weighted by Gasteiger charge is -2.26. The zero-order valence-electron chi connectivity index (χ0n) is 17.0. The first kappa shape index (κ1) is 21.7. The van der Waals surface area contributed by atoms with Crippen molar-refractivity contribution in [2.24, 2.45) is 0 Å². The SMILES string of the molecule is CC(=O)Nc1ncnc2c1c(C#C[Si](C)(C)C)cn2[C@@H]1O[C@H](CO)[C@@H](O)[C@@]1(C)Cl. The van der Waals surface area contributed by atoms with E-state index in [1.807, 2.05) is 0 Å². The van der Waals surface area contributed by atoms with Gasteiger partial charge in [0.05, 0.1) is 17.6 Å². The average molecular weight is 437 g/mol. The zero-order valence-corrected chi connectivity index (χ0v) is 18.8. The number of aliphatic hydroxyl groups is 2. The molecule has 2 aromatic rings. The Balaban J connectivity index is 2.24. The fraction of sp³-hybridized carbons (Fsp3) is 0.526. The molecule has 0 spiro atoms. The molecule has 156 valence electrons. The third kappa shape index (κ3) is 4.17. The first-order chi connectivity index (χ1) is 13.5. The van der Waals surface area contributed by atoms with Gasteiger partial charge in [-0.15, -0.1) is 17.1 Å². The summed E-state index contributed by atoms with van der Waals surface area (Å²) in [6.45, 7) is 9.06. The summed E-state index contributed by atoms with van der Waals surface area (Å²) < 4.78 is 7.54. The predicted octanol–water partition coefficient (Wildman–Crippen LogP) is 1.87. The van der Waals surface area contributed by atoms with Crippen molar-refractivity contribution < 1.29 is 19.7 Å². The summed E-state index contributed by atoms with van der Waals surface area (Å²) in [6, 6.07) is 0. The number of fused-ring (bicyclic) bond motifs is 1. The molecule has 4 atom stereocenters. The predicted molar refractivity (Wildman–Crippen MR) is 113 cm³/mol. The van der Waals surface area contributed by atoms with Crippen molar-refractivity contribution >= 4 is 42.4 Å². The maximum Gasteiger partial charge on any atom is 0.222 e. The highest BCUT2D eigenvalue weighted by molar-refractivity contribution is 6.83. The van der Waals surface area contributed by atoms with Gasteiger partial charge in [-0.1, -0.05) is 25.6 Å². The van der Waals surface area contributed by atoms with Gasteiger partial charge in [-0.25, -0.2) is 9.97 Å². The number of nitrogens with one attached hydrogen (secondary N) is 1. The van der Waals surface area contributed by atoms with Crippen molar-refractivity contribution in [2.75, 3.05) is 11.9 Å². The van der Waals surface area contributed by atoms with E-state index in [1.165, 1.54) is 13.3 Å². The van der Waals surface area contributed by atoms with Crippen LogP contribution in [0.1, 0.15) is 25.6 Å². The first-order valence-corrected chi connectivity index (χ1v) is 13.1. The molecule has 1 amide bonds. The second-order valence-electron chi connectivity index (χ2n) is 8.36. The zero-order chi connectivity index (χ0) is 21.6. The minimum Gasteiger partial charge on any atom is -0.394 e. The molecule has 10 heteroatoms. The monoisotopic (exact) mass is 436 g/mol. The molecule has 1 aliphatic heterocycles. The Labute approximate surface area is 175 Å². The lowest BCUT2D eigenvalue weighted by atomic mass is 10.0. The first-order valence-electron chi connectivity index (χ1n) is 9.25. The Bertz CT molecular complexity index is 1010. The number of amides is 1. The number of carbonyl (C=O) groups is 1. The number of alkyl halides is 1. The standard InChI is InChI=1S/C19H25ClN4O4Si/c1-11(26)23-16-14-12(6-7-29(3,4)5)8-24(17(14)22-10-21-16)18-19(2,20)15(27)13(9-25)28-18/h8,10,13,15,18,25,27H,9H2,1-5H3,(H,21,22,23,26)/t13-,15-,18-,19-/m1/s1. The van der Waals surface area contributed by atoms with Crippen LogP contribution in [0.25, 0.3) is 11.0 Å². The Morgan fingerprint density at radius 3 is 2.69 bits per heavy atom. The maximum atomic E-state index is 11.7. The van der Waals surface area contributed by atoms with E-state index in [2.05, 4.69) is 46.4 Å². The summed E-state index contributed by atoms with van der Waals surface area (Å²) in [5.74, 6) is 3.27. The highest BCUT2D eigenvalue weighted by Crippen LogP contribution is 2.45. The van der Waals surface area contributed by atoms with Gasteiger partial charge in [-0.3, -0.25) is 4.79 Å². The van der Waals surface area contributed by atoms with Gasteiger partial charge >= 0.3 is 0 Å². The van der Waals surface area contributed by atoms with E-state index in [9.17, 15) is 15.0 Å². The molecule has 3 N–H and O–H groups in total. The van der Waals surface area contributed by atoms with Crippen LogP contribution in [0.3, 0.4) is 0 Å². The Hall–Kier alpha value is -1.96. The number of halogens is 1. The van der Waals surface area contributed by atoms with Crippen LogP contribution >= 0.6 is 11.6 Å². The molecule has 1 fully saturated rings. The average Bonchev–Trinajstić information content (AvgIpc) is 3.08. The van der Waals surface area contributed by atoms with Crippen molar-refractivity contribution in [3.8, 4) is 11.5 Å². The maximum absolute atomic E-state index is 11.7. The summed E-state index contributed by atoms with van der Waals surface area (Å²) in [5.41, 5.74) is 4.40. The Morgan fingerprint density at radius 1 is 1.45 bits per heavy atom. The molecule has 2 aromatic heterocycles. The number of anilines is 1.